The third-order valence-electron chi connectivity index (χ3n) is 3.88. The lowest BCUT2D eigenvalue weighted by molar-refractivity contribution is 0.0849. The number of carbonyl (C=O) groups is 2. The highest BCUT2D eigenvalue weighted by atomic mass is 32.1. The Morgan fingerprint density at radius 3 is 2.64 bits per heavy atom. The Bertz CT molecular complexity index is 694. The number of thiophene rings is 1. The van der Waals surface area contributed by atoms with Gasteiger partial charge in [0.1, 0.15) is 0 Å². The van der Waals surface area contributed by atoms with Gasteiger partial charge < -0.3 is 0 Å². The van der Waals surface area contributed by atoms with Crippen molar-refractivity contribution < 1.29 is 9.59 Å². The minimum absolute atomic E-state index is 0.253. The van der Waals surface area contributed by atoms with Crippen LogP contribution in [-0.4, -0.2) is 11.8 Å². The predicted molar refractivity (Wildman–Crippen MR) is 86.9 cm³/mol. The lowest BCUT2D eigenvalue weighted by atomic mass is 9.90. The number of carbonyl (C=O) groups excluding carboxylic acids is 2. The van der Waals surface area contributed by atoms with Crippen LogP contribution in [0.4, 0.5) is 0 Å². The van der Waals surface area contributed by atoms with Crippen molar-refractivity contribution in [2.45, 2.75) is 26.2 Å². The summed E-state index contributed by atoms with van der Waals surface area (Å²) in [7, 11) is 0. The first kappa shape index (κ1) is 14.8. The average Bonchev–Trinajstić information content (AvgIpc) is 2.96. The maximum absolute atomic E-state index is 12.2. The molecule has 3 rings (SSSR count). The molecule has 1 aromatic carbocycles. The first-order valence-corrected chi connectivity index (χ1v) is 8.22. The van der Waals surface area contributed by atoms with Crippen LogP contribution in [0.1, 0.15) is 43.8 Å². The van der Waals surface area contributed by atoms with E-state index >= 15 is 0 Å². The Labute approximate surface area is 133 Å². The lowest BCUT2D eigenvalue weighted by Crippen LogP contribution is -2.41. The van der Waals surface area contributed by atoms with Gasteiger partial charge in [-0.2, -0.15) is 0 Å². The summed E-state index contributed by atoms with van der Waals surface area (Å²) in [4.78, 5) is 26.0. The molecule has 1 aliphatic rings. The lowest BCUT2D eigenvalue weighted by Gasteiger charge is -2.16. The standard InChI is InChI=1S/C17H18N2O2S/c1-11-7-8-14-13(9-11)10-15(22-14)17(21)19-18-16(20)12-5-3-2-4-6-12/h2-6,10-11H,7-9H2,1H3,(H,18,20)(H,19,21)/t11-/m1/s1. The van der Waals surface area contributed by atoms with Crippen LogP contribution in [0.25, 0.3) is 0 Å². The van der Waals surface area contributed by atoms with Gasteiger partial charge in [-0.3, -0.25) is 20.4 Å². The largest absolute Gasteiger partial charge is 0.279 e. The fraction of sp³-hybridized carbons (Fsp3) is 0.294. The third kappa shape index (κ3) is 3.20. The SMILES string of the molecule is C[C@@H]1CCc2sc(C(=O)NNC(=O)c3ccccc3)cc2C1. The molecule has 114 valence electrons. The Morgan fingerprint density at radius 1 is 1.14 bits per heavy atom. The molecule has 1 atom stereocenters. The first-order chi connectivity index (χ1) is 10.6. The second kappa shape index (κ2) is 6.32. The molecule has 0 radical (unpaired) electrons. The summed E-state index contributed by atoms with van der Waals surface area (Å²) < 4.78 is 0. The van der Waals surface area contributed by atoms with Gasteiger partial charge in [0.2, 0.25) is 0 Å². The van der Waals surface area contributed by atoms with E-state index in [9.17, 15) is 9.59 Å². The van der Waals surface area contributed by atoms with Gasteiger partial charge in [0.15, 0.2) is 0 Å². The number of rotatable bonds is 2. The van der Waals surface area contributed by atoms with Crippen molar-refractivity contribution in [2.24, 2.45) is 5.92 Å². The van der Waals surface area contributed by atoms with Crippen LogP contribution in [0.2, 0.25) is 0 Å². The highest BCUT2D eigenvalue weighted by molar-refractivity contribution is 7.14. The number of amides is 2. The Kier molecular flexibility index (Phi) is 4.24. The molecule has 0 saturated carbocycles. The molecule has 2 aromatic rings. The molecule has 1 aliphatic carbocycles. The van der Waals surface area contributed by atoms with Crippen molar-refractivity contribution in [1.29, 1.82) is 0 Å². The Hall–Kier alpha value is -2.14. The van der Waals surface area contributed by atoms with Crippen molar-refractivity contribution in [2.75, 3.05) is 0 Å². The van der Waals surface area contributed by atoms with E-state index in [1.165, 1.54) is 28.2 Å². The fourth-order valence-corrected chi connectivity index (χ4v) is 3.76. The zero-order valence-electron chi connectivity index (χ0n) is 12.4. The van der Waals surface area contributed by atoms with Gasteiger partial charge >= 0.3 is 0 Å². The summed E-state index contributed by atoms with van der Waals surface area (Å²) >= 11 is 1.53. The Morgan fingerprint density at radius 2 is 1.86 bits per heavy atom. The number of hydrogen-bond acceptors (Lipinski definition) is 3. The molecule has 0 unspecified atom stereocenters. The van der Waals surface area contributed by atoms with Gasteiger partial charge in [0, 0.05) is 10.4 Å². The predicted octanol–water partition coefficient (Wildman–Crippen LogP) is 2.95. The monoisotopic (exact) mass is 314 g/mol. The van der Waals surface area contributed by atoms with Crippen molar-refractivity contribution in [3.05, 3.63) is 57.3 Å². The molecule has 4 nitrogen and oxygen atoms in total. The number of aryl methyl sites for hydroxylation is 1. The summed E-state index contributed by atoms with van der Waals surface area (Å²) in [6.45, 7) is 2.24. The molecule has 0 saturated heterocycles. The fourth-order valence-electron chi connectivity index (χ4n) is 2.65. The molecule has 0 bridgehead atoms. The van der Waals surface area contributed by atoms with E-state index in [0.717, 1.165) is 12.8 Å². The number of hydrazine groups is 1. The van der Waals surface area contributed by atoms with Crippen LogP contribution in [-0.2, 0) is 12.8 Å². The molecule has 2 N–H and O–H groups in total. The summed E-state index contributed by atoms with van der Waals surface area (Å²) in [5.41, 5.74) is 6.74. The van der Waals surface area contributed by atoms with E-state index in [0.29, 0.717) is 16.4 Å². The zero-order chi connectivity index (χ0) is 15.5. The quantitative estimate of drug-likeness (QED) is 0.837. The highest BCUT2D eigenvalue weighted by Crippen LogP contribution is 2.32. The summed E-state index contributed by atoms with van der Waals surface area (Å²) in [5, 5.41) is 0. The van der Waals surface area contributed by atoms with Gasteiger partial charge in [-0.25, -0.2) is 0 Å². The Balaban J connectivity index is 1.62. The minimum Gasteiger partial charge on any atom is -0.267 e. The summed E-state index contributed by atoms with van der Waals surface area (Å²) in [6, 6.07) is 10.8. The van der Waals surface area contributed by atoms with E-state index in [2.05, 4.69) is 17.8 Å². The third-order valence-corrected chi connectivity index (χ3v) is 5.11. The van der Waals surface area contributed by atoms with Crippen LogP contribution < -0.4 is 10.9 Å². The number of nitrogens with one attached hydrogen (secondary N) is 2. The number of hydrogen-bond donors (Lipinski definition) is 2. The van der Waals surface area contributed by atoms with E-state index in [4.69, 9.17) is 0 Å². The summed E-state index contributed by atoms with van der Waals surface area (Å²) in [5.74, 6) is 0.107. The van der Waals surface area contributed by atoms with Gasteiger partial charge in [-0.1, -0.05) is 25.1 Å². The molecule has 2 amide bonds. The molecule has 1 aromatic heterocycles. The van der Waals surface area contributed by atoms with Gasteiger partial charge in [-0.05, 0) is 48.9 Å². The molecule has 22 heavy (non-hydrogen) atoms. The normalized spacial score (nSPS) is 16.7. The smallest absolute Gasteiger partial charge is 0.267 e. The molecule has 0 aliphatic heterocycles. The van der Waals surface area contributed by atoms with Crippen LogP contribution >= 0.6 is 11.3 Å². The van der Waals surface area contributed by atoms with Crippen molar-refractivity contribution in [3.8, 4) is 0 Å². The maximum atomic E-state index is 12.2. The molecular weight excluding hydrogens is 296 g/mol. The number of benzene rings is 1. The van der Waals surface area contributed by atoms with E-state index in [-0.39, 0.29) is 11.8 Å². The van der Waals surface area contributed by atoms with Crippen LogP contribution in [0.3, 0.4) is 0 Å². The highest BCUT2D eigenvalue weighted by Gasteiger charge is 2.20. The van der Waals surface area contributed by atoms with Crippen molar-refractivity contribution >= 4 is 23.2 Å². The minimum atomic E-state index is -0.316. The van der Waals surface area contributed by atoms with Gasteiger partial charge in [-0.15, -0.1) is 11.3 Å². The maximum Gasteiger partial charge on any atom is 0.279 e. The van der Waals surface area contributed by atoms with Crippen LogP contribution in [0.5, 0.6) is 0 Å². The molecule has 1 heterocycles. The van der Waals surface area contributed by atoms with Crippen LogP contribution in [0.15, 0.2) is 36.4 Å². The summed E-state index contributed by atoms with van der Waals surface area (Å²) in [6.07, 6.45) is 3.26. The van der Waals surface area contributed by atoms with Gasteiger partial charge in [0.25, 0.3) is 11.8 Å². The molecule has 0 spiro atoms. The van der Waals surface area contributed by atoms with Crippen molar-refractivity contribution in [1.82, 2.24) is 10.9 Å². The van der Waals surface area contributed by atoms with E-state index in [1.807, 2.05) is 12.1 Å². The molecular formula is C17H18N2O2S. The second-order valence-electron chi connectivity index (χ2n) is 5.68. The average molecular weight is 314 g/mol. The topological polar surface area (TPSA) is 58.2 Å². The first-order valence-electron chi connectivity index (χ1n) is 7.41. The zero-order valence-corrected chi connectivity index (χ0v) is 13.2. The molecule has 0 fully saturated rings. The molecule has 5 heteroatoms. The van der Waals surface area contributed by atoms with Gasteiger partial charge in [0.05, 0.1) is 4.88 Å². The number of fused-ring (bicyclic) bond motifs is 1. The van der Waals surface area contributed by atoms with Crippen molar-refractivity contribution in [3.63, 3.8) is 0 Å². The van der Waals surface area contributed by atoms with E-state index in [1.54, 1.807) is 24.3 Å². The second-order valence-corrected chi connectivity index (χ2v) is 6.82. The van der Waals surface area contributed by atoms with Crippen LogP contribution in [0, 0.1) is 5.92 Å². The van der Waals surface area contributed by atoms with E-state index < -0.39 is 0 Å².